The summed E-state index contributed by atoms with van der Waals surface area (Å²) in [6, 6.07) is 4.33. The standard InChI is InChI=1S/C50H78N6O12/c1-13-31(5)42-45(60)53-36(10)49(64)68-43(32(6)14-2)34(8)39(67-50(65)51-25-19-16-20-26-57)24-23-33(7)48(63)66-40(27-30(3)4)44(59)52-35(9)46(61)56(12)38(28-37-21-17-15-18-22-37)47(62)55(11)29-41(58)54-42/h14-15,17-18,21-23,30-31,34-36,38-40,42-43,57H,13,16,19-20,24-29H2,1-12H3,(H,51,65)(H,52,59)(H,53,60)(H,54,58)/b32-14+,33-23+/t31-,34+,35+,36-,38-,39+,40-,42+,43-/m1/s1. The van der Waals surface area contributed by atoms with Gasteiger partial charge >= 0.3 is 18.0 Å². The Hall–Kier alpha value is -5.78. The minimum atomic E-state index is -1.32. The van der Waals surface area contributed by atoms with E-state index in [1.165, 1.54) is 45.8 Å². The van der Waals surface area contributed by atoms with E-state index in [1.54, 1.807) is 58.0 Å². The van der Waals surface area contributed by atoms with Crippen molar-refractivity contribution in [3.8, 4) is 0 Å². The number of benzene rings is 1. The Bertz CT molecular complexity index is 1920. The van der Waals surface area contributed by atoms with E-state index in [4.69, 9.17) is 19.3 Å². The molecule has 380 valence electrons. The maximum Gasteiger partial charge on any atom is 0.407 e. The number of unbranched alkanes of at least 4 members (excludes halogenated alkanes) is 2. The number of carbonyl (C=O) groups is 8. The Kier molecular flexibility index (Phi) is 25.0. The molecule has 6 amide bonds. The Balaban J connectivity index is 2.70. The molecule has 0 saturated carbocycles. The average molecular weight is 955 g/mol. The molecule has 1 heterocycles. The molecule has 1 aromatic rings. The van der Waals surface area contributed by atoms with Crippen molar-refractivity contribution in [1.82, 2.24) is 31.1 Å². The van der Waals surface area contributed by atoms with Crippen molar-refractivity contribution in [2.75, 3.05) is 33.8 Å². The number of hydrogen-bond donors (Lipinski definition) is 5. The van der Waals surface area contributed by atoms with Crippen molar-refractivity contribution in [3.63, 3.8) is 0 Å². The molecule has 9 atom stereocenters. The van der Waals surface area contributed by atoms with Crippen molar-refractivity contribution in [3.05, 3.63) is 59.2 Å². The van der Waals surface area contributed by atoms with Crippen molar-refractivity contribution >= 4 is 47.6 Å². The highest BCUT2D eigenvalue weighted by molar-refractivity contribution is 5.96. The summed E-state index contributed by atoms with van der Waals surface area (Å²) in [7, 11) is 2.83. The second-order valence-electron chi connectivity index (χ2n) is 18.3. The van der Waals surface area contributed by atoms with E-state index >= 15 is 0 Å². The average Bonchev–Trinajstić information content (AvgIpc) is 3.30. The van der Waals surface area contributed by atoms with E-state index in [9.17, 15) is 38.4 Å². The second kappa shape index (κ2) is 29.2. The number of ether oxygens (including phenoxy) is 3. The minimum absolute atomic E-state index is 0.0239. The van der Waals surface area contributed by atoms with Crippen LogP contribution in [0.3, 0.4) is 0 Å². The first-order valence-corrected chi connectivity index (χ1v) is 23.8. The highest BCUT2D eigenvalue weighted by atomic mass is 16.6. The predicted molar refractivity (Wildman–Crippen MR) is 256 cm³/mol. The van der Waals surface area contributed by atoms with Gasteiger partial charge in [0.25, 0.3) is 5.91 Å². The fraction of sp³-hybridized carbons (Fsp3) is 0.640. The third-order valence-corrected chi connectivity index (χ3v) is 12.2. The van der Waals surface area contributed by atoms with Crippen LogP contribution in [-0.4, -0.2) is 139 Å². The lowest BCUT2D eigenvalue weighted by Gasteiger charge is -2.33. The molecule has 0 bridgehead atoms. The smallest absolute Gasteiger partial charge is 0.407 e. The van der Waals surface area contributed by atoms with E-state index in [-0.39, 0.29) is 43.9 Å². The van der Waals surface area contributed by atoms with Crippen LogP contribution in [0.25, 0.3) is 0 Å². The number of aliphatic hydroxyl groups is 1. The van der Waals surface area contributed by atoms with Gasteiger partial charge in [-0.25, -0.2) is 14.4 Å². The molecule has 0 aromatic heterocycles. The number of allylic oxidation sites excluding steroid dienone is 1. The quantitative estimate of drug-likeness (QED) is 0.0812. The van der Waals surface area contributed by atoms with Crippen LogP contribution < -0.4 is 21.3 Å². The number of nitrogens with one attached hydrogen (secondary N) is 4. The molecule has 0 unspecified atom stereocenters. The molecular formula is C50H78N6O12. The lowest BCUT2D eigenvalue weighted by atomic mass is 9.90. The third kappa shape index (κ3) is 18.7. The third-order valence-electron chi connectivity index (χ3n) is 12.2. The molecule has 68 heavy (non-hydrogen) atoms. The molecule has 0 saturated heterocycles. The van der Waals surface area contributed by atoms with E-state index in [0.717, 1.165) is 10.5 Å². The van der Waals surface area contributed by atoms with Gasteiger partial charge in [0, 0.05) is 51.6 Å². The topological polar surface area (TPSA) is 239 Å². The lowest BCUT2D eigenvalue weighted by molar-refractivity contribution is -0.155. The number of rotatable bonds is 13. The zero-order valence-electron chi connectivity index (χ0n) is 42.2. The molecule has 18 nitrogen and oxygen atoms in total. The van der Waals surface area contributed by atoms with Gasteiger partial charge in [-0.15, -0.1) is 0 Å². The first kappa shape index (κ1) is 58.3. The van der Waals surface area contributed by atoms with Gasteiger partial charge in [-0.1, -0.05) is 83.5 Å². The van der Waals surface area contributed by atoms with Gasteiger partial charge in [0.15, 0.2) is 6.10 Å². The molecule has 0 aliphatic carbocycles. The number of alkyl carbamates (subject to hydrolysis) is 1. The van der Waals surface area contributed by atoms with Crippen LogP contribution in [0.2, 0.25) is 0 Å². The monoisotopic (exact) mass is 955 g/mol. The summed E-state index contributed by atoms with van der Waals surface area (Å²) in [4.78, 5) is 113. The predicted octanol–water partition coefficient (Wildman–Crippen LogP) is 4.13. The molecule has 2 rings (SSSR count). The Morgan fingerprint density at radius 1 is 0.912 bits per heavy atom. The Morgan fingerprint density at radius 2 is 1.56 bits per heavy atom. The summed E-state index contributed by atoms with van der Waals surface area (Å²) in [6.45, 7) is 16.7. The summed E-state index contributed by atoms with van der Waals surface area (Å²) >= 11 is 0. The van der Waals surface area contributed by atoms with Gasteiger partial charge < -0.3 is 50.4 Å². The largest absolute Gasteiger partial charge is 0.456 e. The summed E-state index contributed by atoms with van der Waals surface area (Å²) in [5.74, 6) is -6.19. The van der Waals surface area contributed by atoms with Crippen LogP contribution in [0.5, 0.6) is 0 Å². The molecule has 0 fully saturated rings. The number of carbonyl (C=O) groups excluding carboxylic acids is 8. The number of hydrogen-bond acceptors (Lipinski definition) is 12. The minimum Gasteiger partial charge on any atom is -0.456 e. The zero-order chi connectivity index (χ0) is 51.2. The van der Waals surface area contributed by atoms with Crippen molar-refractivity contribution < 1.29 is 57.7 Å². The van der Waals surface area contributed by atoms with Gasteiger partial charge in [-0.3, -0.25) is 24.0 Å². The summed E-state index contributed by atoms with van der Waals surface area (Å²) in [5.41, 5.74) is 1.41. The fourth-order valence-corrected chi connectivity index (χ4v) is 7.48. The molecule has 1 aromatic carbocycles. The van der Waals surface area contributed by atoms with Crippen molar-refractivity contribution in [2.45, 2.75) is 157 Å². The SMILES string of the molecule is C/C=C(\C)[C@H]1OC(=O)[C@@H](C)NC(=O)[C@H]([C@H](C)CC)NC(=O)CN(C)C(=O)[C@@H](Cc2ccccc2)N(C)C(=O)[C@H](C)NC(=O)[C@@H](CC(C)C)OC(=O)/C(C)=C/C[C@H](OC(=O)NCCCCCO)[C@@H]1C. The first-order valence-electron chi connectivity index (χ1n) is 23.8. The highest BCUT2D eigenvalue weighted by Gasteiger charge is 2.37. The number of amides is 6. The second-order valence-corrected chi connectivity index (χ2v) is 18.3. The van der Waals surface area contributed by atoms with Crippen molar-refractivity contribution in [1.29, 1.82) is 0 Å². The lowest BCUT2D eigenvalue weighted by Crippen LogP contribution is -2.57. The molecule has 0 spiro atoms. The Labute approximate surface area is 402 Å². The fourth-order valence-electron chi connectivity index (χ4n) is 7.48. The van der Waals surface area contributed by atoms with E-state index in [1.807, 2.05) is 26.8 Å². The molecular weight excluding hydrogens is 877 g/mol. The first-order chi connectivity index (χ1) is 32.1. The number of nitrogens with zero attached hydrogens (tertiary/aromatic N) is 2. The van der Waals surface area contributed by atoms with Gasteiger partial charge in [0.1, 0.15) is 36.4 Å². The number of esters is 2. The molecule has 5 N–H and O–H groups in total. The van der Waals surface area contributed by atoms with Crippen LogP contribution in [0.1, 0.15) is 113 Å². The van der Waals surface area contributed by atoms with Crippen molar-refractivity contribution in [2.24, 2.45) is 17.8 Å². The molecule has 1 aliphatic rings. The maximum absolute atomic E-state index is 14.2. The molecule has 0 radical (unpaired) electrons. The van der Waals surface area contributed by atoms with Gasteiger partial charge in [0.2, 0.25) is 23.6 Å². The summed E-state index contributed by atoms with van der Waals surface area (Å²) in [5, 5.41) is 19.9. The van der Waals surface area contributed by atoms with Crippen LogP contribution in [0, 0.1) is 17.8 Å². The summed E-state index contributed by atoms with van der Waals surface area (Å²) in [6.07, 6.45) is 1.61. The van der Waals surface area contributed by atoms with E-state index in [2.05, 4.69) is 21.3 Å². The van der Waals surface area contributed by atoms with Crippen LogP contribution >= 0.6 is 0 Å². The van der Waals surface area contributed by atoms with Crippen LogP contribution in [0.4, 0.5) is 4.79 Å². The van der Waals surface area contributed by atoms with Gasteiger partial charge in [0.05, 0.1) is 6.54 Å². The van der Waals surface area contributed by atoms with E-state index < -0.39 is 108 Å². The summed E-state index contributed by atoms with van der Waals surface area (Å²) < 4.78 is 17.8. The zero-order valence-corrected chi connectivity index (χ0v) is 42.2. The van der Waals surface area contributed by atoms with Gasteiger partial charge in [-0.05, 0) is 83.3 Å². The highest BCUT2D eigenvalue weighted by Crippen LogP contribution is 2.26. The number of likely N-dealkylation sites (N-methyl/N-ethyl adjacent to an activating group) is 2. The Morgan fingerprint density at radius 3 is 2.16 bits per heavy atom. The molecule has 18 heteroatoms. The normalized spacial score (nSPS) is 26.4. The number of aliphatic hydroxyl groups excluding tert-OH is 1. The maximum atomic E-state index is 14.2. The van der Waals surface area contributed by atoms with E-state index in [0.29, 0.717) is 31.3 Å². The van der Waals surface area contributed by atoms with Crippen LogP contribution in [0.15, 0.2) is 53.6 Å². The van der Waals surface area contributed by atoms with Gasteiger partial charge in [-0.2, -0.15) is 0 Å². The number of cyclic esters (lactones) is 2. The van der Waals surface area contributed by atoms with Crippen LogP contribution in [-0.2, 0) is 54.2 Å². The molecule has 1 aliphatic heterocycles.